The third-order valence-corrected chi connectivity index (χ3v) is 4.21. The fourth-order valence-corrected chi connectivity index (χ4v) is 2.83. The van der Waals surface area contributed by atoms with E-state index >= 15 is 0 Å². The van der Waals surface area contributed by atoms with E-state index in [1.807, 2.05) is 24.3 Å². The van der Waals surface area contributed by atoms with Gasteiger partial charge in [0.15, 0.2) is 10.9 Å². The highest BCUT2D eigenvalue weighted by Crippen LogP contribution is 2.30. The summed E-state index contributed by atoms with van der Waals surface area (Å²) in [4.78, 5) is 0. The topological polar surface area (TPSA) is 36.3 Å². The van der Waals surface area contributed by atoms with Crippen molar-refractivity contribution < 1.29 is 9.47 Å². The summed E-state index contributed by atoms with van der Waals surface area (Å²) in [6.07, 6.45) is 6.70. The Balaban J connectivity index is 1.68. The lowest BCUT2D eigenvalue weighted by molar-refractivity contribution is 0.210. The lowest BCUT2D eigenvalue weighted by atomic mass is 10.2. The van der Waals surface area contributed by atoms with Crippen LogP contribution in [0.25, 0.3) is 0 Å². The minimum absolute atomic E-state index is 0.293. The van der Waals surface area contributed by atoms with Gasteiger partial charge in [0.05, 0.1) is 26.0 Å². The predicted octanol–water partition coefficient (Wildman–Crippen LogP) is 3.91. The first-order chi connectivity index (χ1) is 10.3. The quantitative estimate of drug-likeness (QED) is 0.840. The molecule has 1 heterocycles. The molecule has 0 atom stereocenters. The van der Waals surface area contributed by atoms with Crippen LogP contribution in [0.5, 0.6) is 11.5 Å². The summed E-state index contributed by atoms with van der Waals surface area (Å²) in [5.41, 5.74) is 1.12. The minimum Gasteiger partial charge on any atom is -0.497 e. The molecule has 1 aliphatic carbocycles. The molecule has 0 N–H and O–H groups in total. The number of rotatable bonds is 5. The zero-order valence-electron chi connectivity index (χ0n) is 12.1. The molecule has 0 unspecified atom stereocenters. The zero-order chi connectivity index (χ0) is 14.7. The van der Waals surface area contributed by atoms with Crippen LogP contribution in [-0.4, -0.2) is 23.0 Å². The Labute approximate surface area is 129 Å². The Hall–Kier alpha value is -1.68. The van der Waals surface area contributed by atoms with Gasteiger partial charge >= 0.3 is 0 Å². The van der Waals surface area contributed by atoms with Crippen LogP contribution in [0.3, 0.4) is 0 Å². The third-order valence-electron chi connectivity index (χ3n) is 3.83. The lowest BCUT2D eigenvalue weighted by Crippen LogP contribution is -2.10. The van der Waals surface area contributed by atoms with Crippen molar-refractivity contribution in [1.29, 1.82) is 0 Å². The number of ether oxygens (including phenoxy) is 2. The van der Waals surface area contributed by atoms with E-state index in [1.165, 1.54) is 12.8 Å². The number of hydrogen-bond donors (Lipinski definition) is 0. The maximum Gasteiger partial charge on any atom is 0.176 e. The number of hydrogen-bond acceptors (Lipinski definition) is 3. The molecule has 112 valence electrons. The molecule has 0 saturated heterocycles. The van der Waals surface area contributed by atoms with Gasteiger partial charge in [0.1, 0.15) is 5.75 Å². The molecule has 1 aromatic heterocycles. The summed E-state index contributed by atoms with van der Waals surface area (Å²) >= 11 is 6.36. The van der Waals surface area contributed by atoms with Gasteiger partial charge in [-0.3, -0.25) is 0 Å². The summed E-state index contributed by atoms with van der Waals surface area (Å²) < 4.78 is 12.8. The molecule has 1 saturated carbocycles. The molecule has 0 bridgehead atoms. The summed E-state index contributed by atoms with van der Waals surface area (Å²) in [5, 5.41) is 4.89. The van der Waals surface area contributed by atoms with Crippen LogP contribution in [0.1, 0.15) is 31.2 Å². The molecule has 3 rings (SSSR count). The van der Waals surface area contributed by atoms with Crippen LogP contribution in [0.15, 0.2) is 30.5 Å². The monoisotopic (exact) mass is 306 g/mol. The van der Waals surface area contributed by atoms with Crippen molar-refractivity contribution in [3.05, 3.63) is 41.2 Å². The summed E-state index contributed by atoms with van der Waals surface area (Å²) in [6, 6.07) is 7.88. The number of aromatic nitrogens is 2. The average molecular weight is 307 g/mol. The summed E-state index contributed by atoms with van der Waals surface area (Å²) in [6.45, 7) is 0.622. The van der Waals surface area contributed by atoms with Gasteiger partial charge in [0.25, 0.3) is 0 Å². The first-order valence-corrected chi connectivity index (χ1v) is 7.65. The largest absolute Gasteiger partial charge is 0.497 e. The molecule has 0 spiro atoms. The Morgan fingerprint density at radius 2 is 1.95 bits per heavy atom. The van der Waals surface area contributed by atoms with E-state index in [1.54, 1.807) is 18.0 Å². The molecule has 1 aliphatic rings. The maximum atomic E-state index is 6.36. The van der Waals surface area contributed by atoms with Gasteiger partial charge in [-0.2, -0.15) is 5.10 Å². The molecule has 0 radical (unpaired) electrons. The first-order valence-electron chi connectivity index (χ1n) is 7.27. The van der Waals surface area contributed by atoms with E-state index in [2.05, 4.69) is 5.10 Å². The highest BCUT2D eigenvalue weighted by Gasteiger charge is 2.19. The van der Waals surface area contributed by atoms with Gasteiger partial charge in [-0.25, -0.2) is 4.68 Å². The van der Waals surface area contributed by atoms with Crippen LogP contribution in [-0.2, 0) is 6.54 Å². The molecule has 1 fully saturated rings. The fourth-order valence-electron chi connectivity index (χ4n) is 2.63. The van der Waals surface area contributed by atoms with Crippen LogP contribution in [0.4, 0.5) is 0 Å². The zero-order valence-corrected chi connectivity index (χ0v) is 12.8. The van der Waals surface area contributed by atoms with Crippen molar-refractivity contribution in [2.45, 2.75) is 38.3 Å². The van der Waals surface area contributed by atoms with E-state index < -0.39 is 0 Å². The standard InChI is InChI=1S/C16H19ClN2O2/c1-20-13-8-6-12(7-9-13)11-19-16(17)15(10-18-19)21-14-4-2-3-5-14/h6-10,14H,2-5,11H2,1H3. The van der Waals surface area contributed by atoms with Crippen molar-refractivity contribution >= 4 is 11.6 Å². The maximum absolute atomic E-state index is 6.36. The Morgan fingerprint density at radius 1 is 1.24 bits per heavy atom. The van der Waals surface area contributed by atoms with Gasteiger partial charge in [0, 0.05) is 0 Å². The Kier molecular flexibility index (Phi) is 4.34. The highest BCUT2D eigenvalue weighted by molar-refractivity contribution is 6.31. The molecular weight excluding hydrogens is 288 g/mol. The van der Waals surface area contributed by atoms with E-state index in [4.69, 9.17) is 21.1 Å². The first kappa shape index (κ1) is 14.3. The van der Waals surface area contributed by atoms with Crippen LogP contribution >= 0.6 is 11.6 Å². The second-order valence-corrected chi connectivity index (χ2v) is 5.69. The molecular formula is C16H19ClN2O2. The fraction of sp³-hybridized carbons (Fsp3) is 0.438. The van der Waals surface area contributed by atoms with Crippen molar-refractivity contribution in [3.8, 4) is 11.5 Å². The molecule has 21 heavy (non-hydrogen) atoms. The molecule has 0 aliphatic heterocycles. The second-order valence-electron chi connectivity index (χ2n) is 5.33. The van der Waals surface area contributed by atoms with Crippen molar-refractivity contribution in [2.24, 2.45) is 0 Å². The normalized spacial score (nSPS) is 15.3. The molecule has 1 aromatic carbocycles. The Morgan fingerprint density at radius 3 is 2.62 bits per heavy atom. The lowest BCUT2D eigenvalue weighted by Gasteiger charge is -2.11. The van der Waals surface area contributed by atoms with Crippen LogP contribution < -0.4 is 9.47 Å². The molecule has 4 nitrogen and oxygen atoms in total. The smallest absolute Gasteiger partial charge is 0.176 e. The average Bonchev–Trinajstić information content (AvgIpc) is 3.13. The van der Waals surface area contributed by atoms with Gasteiger partial charge in [-0.05, 0) is 43.4 Å². The molecule has 0 amide bonds. The van der Waals surface area contributed by atoms with Gasteiger partial charge in [0.2, 0.25) is 0 Å². The van der Waals surface area contributed by atoms with Gasteiger partial charge in [-0.15, -0.1) is 0 Å². The number of benzene rings is 1. The van der Waals surface area contributed by atoms with E-state index in [-0.39, 0.29) is 0 Å². The predicted molar refractivity (Wildman–Crippen MR) is 82.2 cm³/mol. The number of nitrogens with zero attached hydrogens (tertiary/aromatic N) is 2. The highest BCUT2D eigenvalue weighted by atomic mass is 35.5. The van der Waals surface area contributed by atoms with Gasteiger partial charge < -0.3 is 9.47 Å². The van der Waals surface area contributed by atoms with Crippen molar-refractivity contribution in [2.75, 3.05) is 7.11 Å². The summed E-state index contributed by atoms with van der Waals surface area (Å²) in [7, 11) is 1.66. The van der Waals surface area contributed by atoms with Crippen molar-refractivity contribution in [3.63, 3.8) is 0 Å². The van der Waals surface area contributed by atoms with Crippen LogP contribution in [0, 0.1) is 0 Å². The van der Waals surface area contributed by atoms with Gasteiger partial charge in [-0.1, -0.05) is 23.7 Å². The molecule has 5 heteroatoms. The number of methoxy groups -OCH3 is 1. The third kappa shape index (κ3) is 3.32. The SMILES string of the molecule is COc1ccc(Cn2ncc(OC3CCCC3)c2Cl)cc1. The van der Waals surface area contributed by atoms with E-state index in [0.29, 0.717) is 23.6 Å². The Bertz CT molecular complexity index is 589. The van der Waals surface area contributed by atoms with Crippen LogP contribution in [0.2, 0.25) is 5.15 Å². The molecule has 2 aromatic rings. The van der Waals surface area contributed by atoms with Crippen molar-refractivity contribution in [1.82, 2.24) is 9.78 Å². The van der Waals surface area contributed by atoms with E-state index in [0.717, 1.165) is 24.2 Å². The minimum atomic E-state index is 0.293. The number of halogens is 1. The second kappa shape index (κ2) is 6.39. The summed E-state index contributed by atoms with van der Waals surface area (Å²) in [5.74, 6) is 1.53. The van der Waals surface area contributed by atoms with E-state index in [9.17, 15) is 0 Å².